The second kappa shape index (κ2) is 6.44. The Morgan fingerprint density at radius 2 is 2.00 bits per heavy atom. The van der Waals surface area contributed by atoms with Crippen LogP contribution >= 0.6 is 0 Å². The fourth-order valence-corrected chi connectivity index (χ4v) is 2.87. The molecule has 5 nitrogen and oxygen atoms in total. The summed E-state index contributed by atoms with van der Waals surface area (Å²) in [4.78, 5) is 18.9. The van der Waals surface area contributed by atoms with E-state index < -0.39 is 17.9 Å². The zero-order valence-corrected chi connectivity index (χ0v) is 13.5. The van der Waals surface area contributed by atoms with Crippen molar-refractivity contribution in [2.75, 3.05) is 5.32 Å². The van der Waals surface area contributed by atoms with Gasteiger partial charge in [0.05, 0.1) is 0 Å². The molecule has 0 unspecified atom stereocenters. The number of halogens is 3. The monoisotopic (exact) mass is 350 g/mol. The van der Waals surface area contributed by atoms with Gasteiger partial charge >= 0.3 is 6.18 Å². The van der Waals surface area contributed by atoms with Crippen LogP contribution in [0.2, 0.25) is 0 Å². The first-order chi connectivity index (χ1) is 11.7. The first kappa shape index (κ1) is 17.3. The normalized spacial score (nSPS) is 17.1. The lowest BCUT2D eigenvalue weighted by atomic mass is 9.88. The summed E-state index contributed by atoms with van der Waals surface area (Å²) in [5.41, 5.74) is 8.43. The number of alkyl halides is 3. The van der Waals surface area contributed by atoms with Crippen molar-refractivity contribution in [1.82, 2.24) is 9.97 Å². The van der Waals surface area contributed by atoms with E-state index in [0.717, 1.165) is 30.4 Å². The molecule has 0 fully saturated rings. The molecule has 1 aliphatic rings. The number of nitrogens with one attached hydrogen (secondary N) is 1. The largest absolute Gasteiger partial charge is 0.451 e. The van der Waals surface area contributed by atoms with Crippen molar-refractivity contribution in [2.45, 2.75) is 38.4 Å². The highest BCUT2D eigenvalue weighted by Gasteiger charge is 2.35. The van der Waals surface area contributed by atoms with Gasteiger partial charge in [-0.1, -0.05) is 6.07 Å². The summed E-state index contributed by atoms with van der Waals surface area (Å²) in [7, 11) is 0. The molecule has 1 aromatic carbocycles. The maximum atomic E-state index is 12.8. The number of amides is 1. The quantitative estimate of drug-likeness (QED) is 0.873. The van der Waals surface area contributed by atoms with Crippen molar-refractivity contribution in [3.05, 3.63) is 52.6 Å². The van der Waals surface area contributed by atoms with Gasteiger partial charge in [-0.2, -0.15) is 13.2 Å². The smallest absolute Gasteiger partial charge is 0.327 e. The van der Waals surface area contributed by atoms with E-state index in [1.54, 1.807) is 6.07 Å². The molecule has 8 heteroatoms. The van der Waals surface area contributed by atoms with Gasteiger partial charge in [-0.05, 0) is 55.5 Å². The molecule has 0 saturated heterocycles. The predicted octanol–water partition coefficient (Wildman–Crippen LogP) is 2.87. The molecule has 1 atom stereocenters. The number of carbonyl (C=O) groups excluding carboxylic acids is 1. The Labute approximate surface area is 142 Å². The first-order valence-corrected chi connectivity index (χ1v) is 7.84. The molecule has 0 saturated carbocycles. The molecule has 0 bridgehead atoms. The summed E-state index contributed by atoms with van der Waals surface area (Å²) in [6.07, 6.45) is -2.25. The van der Waals surface area contributed by atoms with Gasteiger partial charge < -0.3 is 11.1 Å². The third-order valence-corrected chi connectivity index (χ3v) is 4.07. The molecule has 1 amide bonds. The molecule has 1 aromatic heterocycles. The van der Waals surface area contributed by atoms with E-state index in [-0.39, 0.29) is 17.4 Å². The number of nitrogens with two attached hydrogens (primary N) is 1. The van der Waals surface area contributed by atoms with Crippen LogP contribution in [0.1, 0.15) is 39.6 Å². The summed E-state index contributed by atoms with van der Waals surface area (Å²) in [6, 6.07) is 6.79. The molecule has 0 spiro atoms. The van der Waals surface area contributed by atoms with Crippen LogP contribution in [0.4, 0.5) is 18.9 Å². The summed E-state index contributed by atoms with van der Waals surface area (Å²) in [6.45, 7) is 1.38. The van der Waals surface area contributed by atoms with Gasteiger partial charge in [-0.15, -0.1) is 0 Å². The second-order valence-corrected chi connectivity index (χ2v) is 6.16. The maximum absolute atomic E-state index is 12.8. The van der Waals surface area contributed by atoms with E-state index in [1.807, 2.05) is 12.1 Å². The minimum absolute atomic E-state index is 0.0758. The minimum atomic E-state index is -4.70. The third kappa shape index (κ3) is 3.96. The number of aryl methyl sites for hydroxylation is 2. The summed E-state index contributed by atoms with van der Waals surface area (Å²) in [5.74, 6) is -2.03. The molecule has 25 heavy (non-hydrogen) atoms. The number of aromatic nitrogens is 2. The van der Waals surface area contributed by atoms with Crippen molar-refractivity contribution < 1.29 is 18.0 Å². The van der Waals surface area contributed by atoms with Crippen LogP contribution in [-0.4, -0.2) is 21.9 Å². The Bertz CT molecular complexity index is 820. The molecule has 1 aliphatic carbocycles. The van der Waals surface area contributed by atoms with E-state index in [9.17, 15) is 18.0 Å². The van der Waals surface area contributed by atoms with Gasteiger partial charge in [0.15, 0.2) is 0 Å². The van der Waals surface area contributed by atoms with Crippen LogP contribution in [0.15, 0.2) is 24.3 Å². The molecule has 0 radical (unpaired) electrons. The van der Waals surface area contributed by atoms with Crippen molar-refractivity contribution in [2.24, 2.45) is 5.73 Å². The standard InChI is InChI=1S/C17H17F3N4O/c1-9-6-14(24-16(22-9)17(18,19)20)15(25)23-13-5-3-10-7-12(21)4-2-11(10)8-13/h3,5-6,8,12H,2,4,7,21H2,1H3,(H,23,25)/t12-/m1/s1. The van der Waals surface area contributed by atoms with E-state index in [2.05, 4.69) is 15.3 Å². The van der Waals surface area contributed by atoms with Gasteiger partial charge in [-0.25, -0.2) is 9.97 Å². The zero-order valence-electron chi connectivity index (χ0n) is 13.5. The van der Waals surface area contributed by atoms with Crippen molar-refractivity contribution in [3.63, 3.8) is 0 Å². The molecular weight excluding hydrogens is 333 g/mol. The minimum Gasteiger partial charge on any atom is -0.327 e. The number of carbonyl (C=O) groups is 1. The lowest BCUT2D eigenvalue weighted by Crippen LogP contribution is -2.27. The lowest BCUT2D eigenvalue weighted by molar-refractivity contribution is -0.145. The second-order valence-electron chi connectivity index (χ2n) is 6.16. The van der Waals surface area contributed by atoms with Crippen molar-refractivity contribution >= 4 is 11.6 Å². The van der Waals surface area contributed by atoms with Crippen LogP contribution in [0.3, 0.4) is 0 Å². The molecule has 1 heterocycles. The number of nitrogens with zero attached hydrogens (tertiary/aromatic N) is 2. The number of fused-ring (bicyclic) bond motifs is 1. The van der Waals surface area contributed by atoms with Gasteiger partial charge in [0.25, 0.3) is 5.91 Å². The van der Waals surface area contributed by atoms with Gasteiger partial charge in [0.2, 0.25) is 5.82 Å². The Morgan fingerprint density at radius 3 is 2.72 bits per heavy atom. The SMILES string of the molecule is Cc1cc(C(=O)Nc2ccc3c(c2)CC[C@@H](N)C3)nc(C(F)(F)F)n1. The average Bonchev–Trinajstić information content (AvgIpc) is 2.53. The summed E-state index contributed by atoms with van der Waals surface area (Å²) in [5, 5.41) is 2.60. The van der Waals surface area contributed by atoms with Crippen molar-refractivity contribution in [1.29, 1.82) is 0 Å². The first-order valence-electron chi connectivity index (χ1n) is 7.84. The van der Waals surface area contributed by atoms with Crippen LogP contribution < -0.4 is 11.1 Å². The number of hydrogen-bond donors (Lipinski definition) is 2. The summed E-state index contributed by atoms with van der Waals surface area (Å²) < 4.78 is 38.4. The zero-order chi connectivity index (χ0) is 18.2. The van der Waals surface area contributed by atoms with Gasteiger partial charge in [0.1, 0.15) is 5.69 Å². The maximum Gasteiger partial charge on any atom is 0.451 e. The molecule has 0 aliphatic heterocycles. The number of rotatable bonds is 2. The third-order valence-electron chi connectivity index (χ3n) is 4.07. The van der Waals surface area contributed by atoms with E-state index >= 15 is 0 Å². The highest BCUT2D eigenvalue weighted by atomic mass is 19.4. The summed E-state index contributed by atoms with van der Waals surface area (Å²) >= 11 is 0. The Morgan fingerprint density at radius 1 is 1.24 bits per heavy atom. The topological polar surface area (TPSA) is 80.9 Å². The fourth-order valence-electron chi connectivity index (χ4n) is 2.87. The Kier molecular flexibility index (Phi) is 4.47. The van der Waals surface area contributed by atoms with Crippen LogP contribution in [-0.2, 0) is 19.0 Å². The highest BCUT2D eigenvalue weighted by Crippen LogP contribution is 2.27. The van der Waals surface area contributed by atoms with Crippen LogP contribution in [0.5, 0.6) is 0 Å². The average molecular weight is 350 g/mol. The Balaban J connectivity index is 1.82. The number of hydrogen-bond acceptors (Lipinski definition) is 4. The molecular formula is C17H17F3N4O. The predicted molar refractivity (Wildman–Crippen MR) is 86.2 cm³/mol. The van der Waals surface area contributed by atoms with Gasteiger partial charge in [-0.3, -0.25) is 4.79 Å². The number of benzene rings is 1. The lowest BCUT2D eigenvalue weighted by Gasteiger charge is -2.22. The van der Waals surface area contributed by atoms with Crippen molar-refractivity contribution in [3.8, 4) is 0 Å². The fraction of sp³-hybridized carbons (Fsp3) is 0.353. The number of anilines is 1. The van der Waals surface area contributed by atoms with Crippen LogP contribution in [0, 0.1) is 6.92 Å². The van der Waals surface area contributed by atoms with Crippen LogP contribution in [0.25, 0.3) is 0 Å². The van der Waals surface area contributed by atoms with E-state index in [0.29, 0.717) is 5.69 Å². The Hall–Kier alpha value is -2.48. The highest BCUT2D eigenvalue weighted by molar-refractivity contribution is 6.03. The van der Waals surface area contributed by atoms with E-state index in [1.165, 1.54) is 13.0 Å². The molecule has 3 N–H and O–H groups in total. The van der Waals surface area contributed by atoms with Gasteiger partial charge in [0, 0.05) is 17.4 Å². The molecule has 2 aromatic rings. The molecule has 132 valence electrons. The molecule has 3 rings (SSSR count). The van der Waals surface area contributed by atoms with E-state index in [4.69, 9.17) is 5.73 Å².